The predicted octanol–water partition coefficient (Wildman–Crippen LogP) is 2.93. The van der Waals surface area contributed by atoms with Crippen LogP contribution in [0.2, 0.25) is 0 Å². The van der Waals surface area contributed by atoms with Crippen molar-refractivity contribution in [1.29, 1.82) is 0 Å². The Labute approximate surface area is 134 Å². The van der Waals surface area contributed by atoms with Crippen molar-refractivity contribution in [3.8, 4) is 0 Å². The molecule has 2 rings (SSSR count). The third kappa shape index (κ3) is 5.12. The lowest BCUT2D eigenvalue weighted by Gasteiger charge is -2.32. The highest BCUT2D eigenvalue weighted by molar-refractivity contribution is 7.99. The normalized spacial score (nSPS) is 31.3. The van der Waals surface area contributed by atoms with Crippen molar-refractivity contribution in [2.24, 2.45) is 5.92 Å². The van der Waals surface area contributed by atoms with Crippen LogP contribution >= 0.6 is 24.2 Å². The van der Waals surface area contributed by atoms with Gasteiger partial charge in [-0.3, -0.25) is 4.79 Å². The van der Waals surface area contributed by atoms with E-state index in [2.05, 4.69) is 24.1 Å². The number of thioether (sulfide) groups is 1. The third-order valence-corrected chi connectivity index (χ3v) is 5.50. The molecule has 0 aliphatic carbocycles. The van der Waals surface area contributed by atoms with Crippen LogP contribution in [0.3, 0.4) is 0 Å². The summed E-state index contributed by atoms with van der Waals surface area (Å²) in [5.74, 6) is 1.86. The molecule has 1 unspecified atom stereocenters. The summed E-state index contributed by atoms with van der Waals surface area (Å²) in [5, 5.41) is 4.10. The summed E-state index contributed by atoms with van der Waals surface area (Å²) in [7, 11) is 0. The molecule has 0 spiro atoms. The number of piperidine rings is 1. The lowest BCUT2D eigenvalue weighted by Crippen LogP contribution is -2.45. The van der Waals surface area contributed by atoms with Crippen LogP contribution in [0.25, 0.3) is 0 Å². The molecule has 0 radical (unpaired) electrons. The number of hydrogen-bond donors (Lipinski definition) is 1. The molecular weight excluding hydrogens is 292 g/mol. The number of hydrogen-bond acceptors (Lipinski definition) is 3. The monoisotopic (exact) mass is 320 g/mol. The molecule has 2 aliphatic rings. The van der Waals surface area contributed by atoms with Crippen LogP contribution in [0.4, 0.5) is 0 Å². The Morgan fingerprint density at radius 1 is 1.35 bits per heavy atom. The Morgan fingerprint density at radius 2 is 2.15 bits per heavy atom. The van der Waals surface area contributed by atoms with E-state index in [1.165, 1.54) is 19.3 Å². The van der Waals surface area contributed by atoms with Crippen LogP contribution < -0.4 is 5.32 Å². The number of nitrogens with zero attached hydrogens (tertiary/aromatic N) is 1. The molecule has 2 fully saturated rings. The first-order valence-corrected chi connectivity index (χ1v) is 8.89. The Morgan fingerprint density at radius 3 is 2.85 bits per heavy atom. The van der Waals surface area contributed by atoms with E-state index in [0.717, 1.165) is 38.2 Å². The summed E-state index contributed by atoms with van der Waals surface area (Å²) in [6.45, 7) is 7.37. The summed E-state index contributed by atoms with van der Waals surface area (Å²) < 4.78 is 0. The molecule has 2 saturated heterocycles. The van der Waals surface area contributed by atoms with E-state index in [9.17, 15) is 4.79 Å². The van der Waals surface area contributed by atoms with Gasteiger partial charge in [-0.25, -0.2) is 0 Å². The average Bonchev–Trinajstić information content (AvgIpc) is 2.64. The Bertz CT molecular complexity index is 304. The zero-order chi connectivity index (χ0) is 13.7. The first-order valence-electron chi connectivity index (χ1n) is 7.84. The fourth-order valence-corrected chi connectivity index (χ4v) is 4.38. The van der Waals surface area contributed by atoms with E-state index in [-0.39, 0.29) is 18.3 Å². The molecule has 2 aliphatic heterocycles. The van der Waals surface area contributed by atoms with Gasteiger partial charge in [0.2, 0.25) is 5.91 Å². The summed E-state index contributed by atoms with van der Waals surface area (Å²) in [4.78, 5) is 14.9. The van der Waals surface area contributed by atoms with Crippen LogP contribution in [-0.2, 0) is 4.79 Å². The van der Waals surface area contributed by atoms with Crippen LogP contribution in [0.5, 0.6) is 0 Å². The molecule has 20 heavy (non-hydrogen) atoms. The van der Waals surface area contributed by atoms with E-state index >= 15 is 0 Å². The quantitative estimate of drug-likeness (QED) is 0.867. The standard InChI is InChI=1S/C15H28N2OS.ClH/c1-3-19-14-6-4-5-9-17(11-14)15(18)13-7-8-16-12(2)10-13;/h12-14,16H,3-11H2,1-2H3;1H/t12-,13-,14?;/m0./s1. The van der Waals surface area contributed by atoms with Crippen LogP contribution in [-0.4, -0.2) is 47.5 Å². The molecule has 0 aromatic heterocycles. The van der Waals surface area contributed by atoms with Gasteiger partial charge in [-0.1, -0.05) is 13.3 Å². The molecule has 118 valence electrons. The minimum absolute atomic E-state index is 0. The number of amides is 1. The first kappa shape index (κ1) is 18.1. The largest absolute Gasteiger partial charge is 0.341 e. The molecule has 0 bridgehead atoms. The van der Waals surface area contributed by atoms with Gasteiger partial charge >= 0.3 is 0 Å². The van der Waals surface area contributed by atoms with Crippen molar-refractivity contribution in [2.45, 2.75) is 57.2 Å². The smallest absolute Gasteiger partial charge is 0.225 e. The summed E-state index contributed by atoms with van der Waals surface area (Å²) >= 11 is 2.03. The molecule has 5 heteroatoms. The number of rotatable bonds is 3. The summed E-state index contributed by atoms with van der Waals surface area (Å²) in [6, 6.07) is 0.496. The van der Waals surface area contributed by atoms with Gasteiger partial charge in [-0.15, -0.1) is 12.4 Å². The average molecular weight is 321 g/mol. The van der Waals surface area contributed by atoms with Crippen LogP contribution in [0, 0.1) is 5.92 Å². The van der Waals surface area contributed by atoms with Gasteiger partial charge in [-0.05, 0) is 44.9 Å². The van der Waals surface area contributed by atoms with Crippen molar-refractivity contribution in [1.82, 2.24) is 10.2 Å². The van der Waals surface area contributed by atoms with Crippen LogP contribution in [0.15, 0.2) is 0 Å². The zero-order valence-corrected chi connectivity index (χ0v) is 14.4. The molecule has 2 heterocycles. The highest BCUT2D eigenvalue weighted by Gasteiger charge is 2.30. The van der Waals surface area contributed by atoms with Crippen molar-refractivity contribution in [3.05, 3.63) is 0 Å². The number of likely N-dealkylation sites (tertiary alicyclic amines) is 1. The highest BCUT2D eigenvalue weighted by Crippen LogP contribution is 2.25. The molecular formula is C15H29ClN2OS. The van der Waals surface area contributed by atoms with Gasteiger partial charge in [0, 0.05) is 30.3 Å². The predicted molar refractivity (Wildman–Crippen MR) is 89.8 cm³/mol. The Kier molecular flexibility index (Phi) is 8.30. The second kappa shape index (κ2) is 9.16. The van der Waals surface area contributed by atoms with Gasteiger partial charge in [0.15, 0.2) is 0 Å². The first-order chi connectivity index (χ1) is 9.20. The maximum Gasteiger partial charge on any atom is 0.225 e. The molecule has 1 N–H and O–H groups in total. The number of carbonyl (C=O) groups excluding carboxylic acids is 1. The number of nitrogens with one attached hydrogen (secondary N) is 1. The molecule has 0 saturated carbocycles. The van der Waals surface area contributed by atoms with Gasteiger partial charge in [0.25, 0.3) is 0 Å². The zero-order valence-electron chi connectivity index (χ0n) is 12.8. The van der Waals surface area contributed by atoms with E-state index < -0.39 is 0 Å². The SMILES string of the molecule is CCSC1CCCCN(C(=O)[C@H]2CCN[C@@H](C)C2)C1.Cl. The highest BCUT2D eigenvalue weighted by atomic mass is 35.5. The third-order valence-electron chi connectivity index (χ3n) is 4.32. The Hall–Kier alpha value is 0.0700. The van der Waals surface area contributed by atoms with Crippen molar-refractivity contribution in [3.63, 3.8) is 0 Å². The maximum atomic E-state index is 12.7. The molecule has 3 nitrogen and oxygen atoms in total. The van der Waals surface area contributed by atoms with E-state index in [0.29, 0.717) is 17.2 Å². The van der Waals surface area contributed by atoms with Gasteiger partial charge in [0.1, 0.15) is 0 Å². The maximum absolute atomic E-state index is 12.7. The topological polar surface area (TPSA) is 32.3 Å². The Balaban J connectivity index is 0.00000200. The molecule has 3 atom stereocenters. The van der Waals surface area contributed by atoms with E-state index in [1.54, 1.807) is 0 Å². The fraction of sp³-hybridized carbons (Fsp3) is 0.933. The minimum Gasteiger partial charge on any atom is -0.341 e. The minimum atomic E-state index is 0. The molecule has 1 amide bonds. The summed E-state index contributed by atoms with van der Waals surface area (Å²) in [5.41, 5.74) is 0. The number of halogens is 1. The molecule has 0 aromatic carbocycles. The number of carbonyl (C=O) groups is 1. The fourth-order valence-electron chi connectivity index (χ4n) is 3.29. The van der Waals surface area contributed by atoms with E-state index in [1.807, 2.05) is 11.8 Å². The van der Waals surface area contributed by atoms with Gasteiger partial charge in [-0.2, -0.15) is 11.8 Å². The van der Waals surface area contributed by atoms with Crippen molar-refractivity contribution >= 4 is 30.1 Å². The summed E-state index contributed by atoms with van der Waals surface area (Å²) in [6.07, 6.45) is 5.79. The van der Waals surface area contributed by atoms with Gasteiger partial charge < -0.3 is 10.2 Å². The second-order valence-electron chi connectivity index (χ2n) is 5.93. The lowest BCUT2D eigenvalue weighted by atomic mass is 9.92. The van der Waals surface area contributed by atoms with Crippen LogP contribution in [0.1, 0.15) is 46.0 Å². The van der Waals surface area contributed by atoms with E-state index in [4.69, 9.17) is 0 Å². The lowest BCUT2D eigenvalue weighted by molar-refractivity contribution is -0.136. The van der Waals surface area contributed by atoms with Crippen molar-refractivity contribution < 1.29 is 4.79 Å². The molecule has 0 aromatic rings. The second-order valence-corrected chi connectivity index (χ2v) is 7.51. The van der Waals surface area contributed by atoms with Crippen molar-refractivity contribution in [2.75, 3.05) is 25.4 Å². The van der Waals surface area contributed by atoms with Gasteiger partial charge in [0.05, 0.1) is 0 Å².